The van der Waals surface area contributed by atoms with E-state index in [4.69, 9.17) is 4.74 Å². The zero-order valence-electron chi connectivity index (χ0n) is 19.0. The topological polar surface area (TPSA) is 119 Å². The minimum Gasteiger partial charge on any atom is -0.489 e. The molecule has 1 aliphatic rings. The highest BCUT2D eigenvalue weighted by atomic mass is 16.6. The number of nitrogens with one attached hydrogen (secondary N) is 1. The molecule has 0 atom stereocenters. The van der Waals surface area contributed by atoms with Crippen molar-refractivity contribution in [1.82, 2.24) is 5.32 Å². The smallest absolute Gasteiger partial charge is 0.335 e. The molecule has 1 heterocycles. The molecule has 0 aliphatic carbocycles. The Morgan fingerprint density at radius 1 is 0.971 bits per heavy atom. The average molecular weight is 471 g/mol. The first-order valence-corrected chi connectivity index (χ1v) is 10.7. The van der Waals surface area contributed by atoms with E-state index in [0.717, 1.165) is 22.8 Å². The van der Waals surface area contributed by atoms with Crippen LogP contribution in [0, 0.1) is 24.0 Å². The first kappa shape index (κ1) is 23.4. The number of hydrogen-bond acceptors (Lipinski definition) is 6. The fourth-order valence-corrected chi connectivity index (χ4v) is 3.78. The Bertz CT molecular complexity index is 1360. The summed E-state index contributed by atoms with van der Waals surface area (Å²) in [6.45, 7) is 4.44. The maximum atomic E-state index is 13.0. The molecule has 3 aromatic carbocycles. The third-order valence-corrected chi connectivity index (χ3v) is 5.28. The van der Waals surface area contributed by atoms with Crippen LogP contribution in [0.3, 0.4) is 0 Å². The van der Waals surface area contributed by atoms with Gasteiger partial charge in [-0.3, -0.25) is 25.0 Å². The van der Waals surface area contributed by atoms with E-state index in [1.807, 2.05) is 26.0 Å². The van der Waals surface area contributed by atoms with Crippen molar-refractivity contribution in [1.29, 1.82) is 0 Å². The Hall–Kier alpha value is -4.79. The first-order valence-electron chi connectivity index (χ1n) is 10.7. The lowest BCUT2D eigenvalue weighted by Crippen LogP contribution is -2.54. The third kappa shape index (κ3) is 5.25. The van der Waals surface area contributed by atoms with E-state index in [-0.39, 0.29) is 16.9 Å². The minimum atomic E-state index is -0.979. The number of anilines is 1. The zero-order chi connectivity index (χ0) is 25.1. The molecule has 9 heteroatoms. The summed E-state index contributed by atoms with van der Waals surface area (Å²) in [4.78, 5) is 48.8. The summed E-state index contributed by atoms with van der Waals surface area (Å²) in [5, 5.41) is 13.2. The predicted molar refractivity (Wildman–Crippen MR) is 129 cm³/mol. The summed E-state index contributed by atoms with van der Waals surface area (Å²) >= 11 is 0. The first-order chi connectivity index (χ1) is 16.7. The molecule has 1 fully saturated rings. The van der Waals surface area contributed by atoms with Crippen molar-refractivity contribution in [3.8, 4) is 5.75 Å². The number of ether oxygens (including phenoxy) is 1. The third-order valence-electron chi connectivity index (χ3n) is 5.28. The van der Waals surface area contributed by atoms with Gasteiger partial charge in [-0.1, -0.05) is 47.5 Å². The zero-order valence-corrected chi connectivity index (χ0v) is 19.0. The van der Waals surface area contributed by atoms with Crippen LogP contribution in [0.4, 0.5) is 16.2 Å². The highest BCUT2D eigenvalue weighted by Gasteiger charge is 2.37. The number of carbonyl (C=O) groups excluding carboxylic acids is 3. The van der Waals surface area contributed by atoms with E-state index in [0.29, 0.717) is 22.8 Å². The van der Waals surface area contributed by atoms with E-state index in [9.17, 15) is 24.5 Å². The van der Waals surface area contributed by atoms with Crippen molar-refractivity contribution in [3.63, 3.8) is 0 Å². The molecule has 1 saturated heterocycles. The van der Waals surface area contributed by atoms with E-state index in [1.54, 1.807) is 24.3 Å². The molecule has 4 rings (SSSR count). The van der Waals surface area contributed by atoms with Crippen LogP contribution in [0.5, 0.6) is 5.75 Å². The van der Waals surface area contributed by atoms with Crippen molar-refractivity contribution in [2.24, 2.45) is 0 Å². The number of rotatable bonds is 6. The maximum absolute atomic E-state index is 13.0. The number of aryl methyl sites for hydroxylation is 2. The number of barbiturate groups is 1. The number of nitrogens with zero attached hydrogens (tertiary/aromatic N) is 2. The van der Waals surface area contributed by atoms with Gasteiger partial charge in [-0.2, -0.15) is 0 Å². The van der Waals surface area contributed by atoms with Gasteiger partial charge in [0.25, 0.3) is 17.5 Å². The number of urea groups is 1. The van der Waals surface area contributed by atoms with Crippen LogP contribution in [0.2, 0.25) is 0 Å². The Labute approximate surface area is 200 Å². The fourth-order valence-electron chi connectivity index (χ4n) is 3.78. The minimum absolute atomic E-state index is 0.0183. The molecule has 0 aromatic heterocycles. The average Bonchev–Trinajstić information content (AvgIpc) is 2.80. The molecule has 0 spiro atoms. The van der Waals surface area contributed by atoms with Gasteiger partial charge in [-0.15, -0.1) is 0 Å². The Balaban J connectivity index is 1.53. The molecule has 4 amide bonds. The summed E-state index contributed by atoms with van der Waals surface area (Å²) in [6, 6.07) is 17.0. The monoisotopic (exact) mass is 471 g/mol. The Morgan fingerprint density at radius 3 is 2.31 bits per heavy atom. The molecule has 0 unspecified atom stereocenters. The molecule has 35 heavy (non-hydrogen) atoms. The number of hydrogen-bond donors (Lipinski definition) is 1. The summed E-state index contributed by atoms with van der Waals surface area (Å²) in [6.07, 6.45) is 1.35. The fraction of sp³-hybridized carbons (Fsp3) is 0.115. The molecule has 176 valence electrons. The van der Waals surface area contributed by atoms with Gasteiger partial charge < -0.3 is 4.74 Å². The second-order valence-electron chi connectivity index (χ2n) is 8.09. The van der Waals surface area contributed by atoms with Gasteiger partial charge in [0.15, 0.2) is 0 Å². The van der Waals surface area contributed by atoms with Crippen molar-refractivity contribution in [2.45, 2.75) is 20.5 Å². The summed E-state index contributed by atoms with van der Waals surface area (Å²) in [7, 11) is 0. The number of carbonyl (C=O) groups is 3. The number of amides is 4. The van der Waals surface area contributed by atoms with Crippen molar-refractivity contribution >= 4 is 35.3 Å². The molecule has 1 aliphatic heterocycles. The van der Waals surface area contributed by atoms with Crippen LogP contribution in [-0.2, 0) is 16.2 Å². The molecule has 0 bridgehead atoms. The van der Waals surface area contributed by atoms with Crippen LogP contribution in [0.25, 0.3) is 6.08 Å². The highest BCUT2D eigenvalue weighted by Crippen LogP contribution is 2.26. The van der Waals surface area contributed by atoms with Crippen LogP contribution >= 0.6 is 0 Å². The highest BCUT2D eigenvalue weighted by molar-refractivity contribution is 6.39. The van der Waals surface area contributed by atoms with Crippen LogP contribution in [0.1, 0.15) is 22.3 Å². The second kappa shape index (κ2) is 9.60. The van der Waals surface area contributed by atoms with Gasteiger partial charge >= 0.3 is 6.03 Å². The van der Waals surface area contributed by atoms with Crippen LogP contribution in [0.15, 0.2) is 72.3 Å². The number of nitro benzene ring substituents is 1. The van der Waals surface area contributed by atoms with E-state index >= 15 is 0 Å². The molecule has 9 nitrogen and oxygen atoms in total. The second-order valence-corrected chi connectivity index (χ2v) is 8.09. The van der Waals surface area contributed by atoms with Gasteiger partial charge in [0.1, 0.15) is 17.9 Å². The molecule has 1 N–H and O–H groups in total. The summed E-state index contributed by atoms with van der Waals surface area (Å²) in [5.41, 5.74) is 3.30. The number of nitro groups is 1. The molecule has 0 radical (unpaired) electrons. The molecular formula is C26H21N3O6. The van der Waals surface area contributed by atoms with Crippen molar-refractivity contribution < 1.29 is 24.0 Å². The van der Waals surface area contributed by atoms with E-state index in [1.165, 1.54) is 24.3 Å². The van der Waals surface area contributed by atoms with Crippen molar-refractivity contribution in [2.75, 3.05) is 4.90 Å². The Morgan fingerprint density at radius 2 is 1.66 bits per heavy atom. The number of imide groups is 2. The molecule has 0 saturated carbocycles. The molecular weight excluding hydrogens is 450 g/mol. The quantitative estimate of drug-likeness (QED) is 0.245. The van der Waals surface area contributed by atoms with Crippen LogP contribution < -0.4 is 15.0 Å². The normalized spacial score (nSPS) is 14.7. The van der Waals surface area contributed by atoms with E-state index < -0.39 is 22.8 Å². The van der Waals surface area contributed by atoms with Crippen LogP contribution in [-0.4, -0.2) is 22.8 Å². The standard InChI is InChI=1S/C26H21N3O6/c1-16-10-17(2)12-19(11-16)15-35-22-8-6-18(7-9-22)13-23-24(30)27-26(32)28(25(23)31)20-4-3-5-21(14-20)29(33)34/h3-14H,15H2,1-2H3,(H,27,30,32)/b23-13+. The number of benzene rings is 3. The Kier molecular flexibility index (Phi) is 6.41. The summed E-state index contributed by atoms with van der Waals surface area (Å²) in [5.74, 6) is -1.12. The summed E-state index contributed by atoms with van der Waals surface area (Å²) < 4.78 is 5.83. The van der Waals surface area contributed by atoms with Gasteiger partial charge in [0.2, 0.25) is 0 Å². The predicted octanol–water partition coefficient (Wildman–Crippen LogP) is 4.46. The van der Waals surface area contributed by atoms with Gasteiger partial charge in [0.05, 0.1) is 10.6 Å². The van der Waals surface area contributed by atoms with Gasteiger partial charge in [-0.25, -0.2) is 9.69 Å². The molecule has 3 aromatic rings. The number of non-ortho nitro benzene ring substituents is 1. The largest absolute Gasteiger partial charge is 0.489 e. The van der Waals surface area contributed by atoms with Gasteiger partial charge in [-0.05, 0) is 49.2 Å². The lowest BCUT2D eigenvalue weighted by Gasteiger charge is -2.26. The maximum Gasteiger partial charge on any atom is 0.335 e. The van der Waals surface area contributed by atoms with Gasteiger partial charge in [0, 0.05) is 12.1 Å². The lowest BCUT2D eigenvalue weighted by molar-refractivity contribution is -0.384. The van der Waals surface area contributed by atoms with E-state index in [2.05, 4.69) is 11.4 Å². The SMILES string of the molecule is Cc1cc(C)cc(COc2ccc(/C=C3\C(=O)NC(=O)N(c4cccc([N+](=O)[O-])c4)C3=O)cc2)c1. The van der Waals surface area contributed by atoms with Crippen molar-refractivity contribution in [3.05, 3.63) is 105 Å². The lowest BCUT2D eigenvalue weighted by atomic mass is 10.1.